The molecule has 0 aliphatic carbocycles. The van der Waals surface area contributed by atoms with E-state index in [1.807, 2.05) is 29.2 Å². The van der Waals surface area contributed by atoms with E-state index in [4.69, 9.17) is 0 Å². The van der Waals surface area contributed by atoms with E-state index in [0.717, 1.165) is 25.2 Å². The Labute approximate surface area is 117 Å². The molecule has 6 nitrogen and oxygen atoms in total. The first-order chi connectivity index (χ1) is 9.75. The van der Waals surface area contributed by atoms with E-state index in [9.17, 15) is 4.79 Å². The molecular weight excluding hydrogens is 254 g/mol. The lowest BCUT2D eigenvalue weighted by Crippen LogP contribution is -2.52. The van der Waals surface area contributed by atoms with Gasteiger partial charge in [0, 0.05) is 36.8 Å². The van der Waals surface area contributed by atoms with Gasteiger partial charge in [-0.25, -0.2) is 4.98 Å². The number of carbonyl (C=O) groups is 1. The van der Waals surface area contributed by atoms with Crippen LogP contribution in [-0.4, -0.2) is 51.7 Å². The van der Waals surface area contributed by atoms with Crippen molar-refractivity contribution in [1.82, 2.24) is 25.4 Å². The second-order valence-corrected chi connectivity index (χ2v) is 4.97. The van der Waals surface area contributed by atoms with Crippen molar-refractivity contribution in [3.05, 3.63) is 36.2 Å². The first-order valence-electron chi connectivity index (χ1n) is 6.73. The molecule has 2 N–H and O–H groups in total. The predicted octanol–water partition coefficient (Wildman–Crippen LogP) is 0.906. The molecule has 0 unspecified atom stereocenters. The van der Waals surface area contributed by atoms with E-state index < -0.39 is 0 Å². The number of benzene rings is 1. The molecule has 2 heterocycles. The van der Waals surface area contributed by atoms with Crippen LogP contribution in [0.5, 0.6) is 0 Å². The van der Waals surface area contributed by atoms with Crippen LogP contribution < -0.4 is 5.32 Å². The molecule has 1 aromatic heterocycles. The maximum absolute atomic E-state index is 12.6. The zero-order valence-electron chi connectivity index (χ0n) is 11.3. The quantitative estimate of drug-likeness (QED) is 0.851. The molecule has 1 aromatic carbocycles. The van der Waals surface area contributed by atoms with Gasteiger partial charge < -0.3 is 10.2 Å². The zero-order chi connectivity index (χ0) is 13.9. The highest BCUT2D eigenvalue weighted by molar-refractivity contribution is 5.95. The number of nitrogens with one attached hydrogen (secondary N) is 2. The molecule has 2 aromatic rings. The number of hydrogen-bond donors (Lipinski definition) is 2. The molecular formula is C14H17N5O. The third-order valence-corrected chi connectivity index (χ3v) is 3.56. The summed E-state index contributed by atoms with van der Waals surface area (Å²) >= 11 is 0. The summed E-state index contributed by atoms with van der Waals surface area (Å²) in [6.07, 6.45) is 1.46. The lowest BCUT2D eigenvalue weighted by molar-refractivity contribution is 0.0656. The van der Waals surface area contributed by atoms with Crippen molar-refractivity contribution in [2.45, 2.75) is 13.0 Å². The van der Waals surface area contributed by atoms with Crippen LogP contribution in [0.1, 0.15) is 17.3 Å². The Balaban J connectivity index is 1.86. The molecule has 0 saturated carbocycles. The lowest BCUT2D eigenvalue weighted by atomic mass is 10.1. The van der Waals surface area contributed by atoms with Crippen molar-refractivity contribution in [2.24, 2.45) is 0 Å². The van der Waals surface area contributed by atoms with Crippen molar-refractivity contribution in [3.8, 4) is 11.4 Å². The first-order valence-corrected chi connectivity index (χ1v) is 6.73. The highest BCUT2D eigenvalue weighted by Gasteiger charge is 2.24. The summed E-state index contributed by atoms with van der Waals surface area (Å²) in [5.41, 5.74) is 1.56. The molecule has 104 valence electrons. The van der Waals surface area contributed by atoms with E-state index >= 15 is 0 Å². The van der Waals surface area contributed by atoms with Crippen molar-refractivity contribution >= 4 is 5.91 Å². The Kier molecular flexibility index (Phi) is 3.47. The van der Waals surface area contributed by atoms with Gasteiger partial charge in [-0.15, -0.1) is 0 Å². The standard InChI is InChI=1S/C14H17N5O/c1-10-8-15-5-6-19(10)14(20)12-4-2-3-11(7-12)13-16-9-17-18-13/h2-4,7,9-10,15H,5-6,8H2,1H3,(H,16,17,18)/t10-/m1/s1. The maximum Gasteiger partial charge on any atom is 0.254 e. The topological polar surface area (TPSA) is 73.9 Å². The first kappa shape index (κ1) is 12.8. The van der Waals surface area contributed by atoms with E-state index in [2.05, 4.69) is 27.4 Å². The van der Waals surface area contributed by atoms with Crippen LogP contribution in [0.3, 0.4) is 0 Å². The number of piperazine rings is 1. The fourth-order valence-corrected chi connectivity index (χ4v) is 2.45. The van der Waals surface area contributed by atoms with Crippen molar-refractivity contribution < 1.29 is 4.79 Å². The molecule has 1 atom stereocenters. The van der Waals surface area contributed by atoms with E-state index in [1.165, 1.54) is 6.33 Å². The van der Waals surface area contributed by atoms with Gasteiger partial charge in [0.05, 0.1) is 0 Å². The second-order valence-electron chi connectivity index (χ2n) is 4.97. The van der Waals surface area contributed by atoms with Gasteiger partial charge in [-0.1, -0.05) is 12.1 Å². The van der Waals surface area contributed by atoms with Gasteiger partial charge in [0.25, 0.3) is 5.91 Å². The fourth-order valence-electron chi connectivity index (χ4n) is 2.45. The smallest absolute Gasteiger partial charge is 0.254 e. The molecule has 0 bridgehead atoms. The molecule has 20 heavy (non-hydrogen) atoms. The molecule has 0 spiro atoms. The van der Waals surface area contributed by atoms with Gasteiger partial charge >= 0.3 is 0 Å². The summed E-state index contributed by atoms with van der Waals surface area (Å²) in [6.45, 7) is 4.49. The Bertz CT molecular complexity index is 595. The summed E-state index contributed by atoms with van der Waals surface area (Å²) in [4.78, 5) is 18.6. The zero-order valence-corrected chi connectivity index (χ0v) is 11.3. The summed E-state index contributed by atoms with van der Waals surface area (Å²) in [7, 11) is 0. The SMILES string of the molecule is C[C@@H]1CNCCN1C(=O)c1cccc(-c2ncn[nH]2)c1. The van der Waals surface area contributed by atoms with E-state index in [1.54, 1.807) is 0 Å². The minimum atomic E-state index is 0.0698. The van der Waals surface area contributed by atoms with Gasteiger partial charge in [0.1, 0.15) is 6.33 Å². The van der Waals surface area contributed by atoms with E-state index in [0.29, 0.717) is 11.4 Å². The third-order valence-electron chi connectivity index (χ3n) is 3.56. The van der Waals surface area contributed by atoms with Crippen LogP contribution in [-0.2, 0) is 0 Å². The van der Waals surface area contributed by atoms with Crippen LogP contribution in [0.25, 0.3) is 11.4 Å². The van der Waals surface area contributed by atoms with Gasteiger partial charge in [0.2, 0.25) is 0 Å². The van der Waals surface area contributed by atoms with Crippen molar-refractivity contribution in [1.29, 1.82) is 0 Å². The molecule has 6 heteroatoms. The summed E-state index contributed by atoms with van der Waals surface area (Å²) in [6, 6.07) is 7.70. The monoisotopic (exact) mass is 271 g/mol. The Morgan fingerprint density at radius 1 is 1.45 bits per heavy atom. The van der Waals surface area contributed by atoms with Gasteiger partial charge in [-0.05, 0) is 19.1 Å². The molecule has 1 saturated heterocycles. The molecule has 1 aliphatic rings. The number of H-pyrrole nitrogens is 1. The van der Waals surface area contributed by atoms with Crippen LogP contribution in [0.2, 0.25) is 0 Å². The summed E-state index contributed by atoms with van der Waals surface area (Å²) in [5, 5.41) is 9.93. The van der Waals surface area contributed by atoms with Crippen LogP contribution in [0, 0.1) is 0 Å². The average molecular weight is 271 g/mol. The van der Waals surface area contributed by atoms with Crippen LogP contribution in [0.4, 0.5) is 0 Å². The van der Waals surface area contributed by atoms with Gasteiger partial charge in [-0.2, -0.15) is 5.10 Å². The maximum atomic E-state index is 12.6. The summed E-state index contributed by atoms with van der Waals surface area (Å²) < 4.78 is 0. The average Bonchev–Trinajstić information content (AvgIpc) is 3.01. The summed E-state index contributed by atoms with van der Waals surface area (Å²) in [5.74, 6) is 0.744. The number of hydrogen-bond acceptors (Lipinski definition) is 4. The highest BCUT2D eigenvalue weighted by atomic mass is 16.2. The number of aromatic amines is 1. The normalized spacial score (nSPS) is 19.1. The Morgan fingerprint density at radius 2 is 2.35 bits per heavy atom. The fraction of sp³-hybridized carbons (Fsp3) is 0.357. The van der Waals surface area contributed by atoms with E-state index in [-0.39, 0.29) is 11.9 Å². The number of carbonyl (C=O) groups excluding carboxylic acids is 1. The Hall–Kier alpha value is -2.21. The van der Waals surface area contributed by atoms with Crippen LogP contribution >= 0.6 is 0 Å². The molecule has 0 radical (unpaired) electrons. The minimum Gasteiger partial charge on any atom is -0.333 e. The van der Waals surface area contributed by atoms with Gasteiger partial charge in [0.15, 0.2) is 5.82 Å². The largest absolute Gasteiger partial charge is 0.333 e. The Morgan fingerprint density at radius 3 is 3.10 bits per heavy atom. The number of aromatic nitrogens is 3. The molecule has 3 rings (SSSR count). The van der Waals surface area contributed by atoms with Crippen molar-refractivity contribution in [3.63, 3.8) is 0 Å². The minimum absolute atomic E-state index is 0.0698. The predicted molar refractivity (Wildman–Crippen MR) is 75.2 cm³/mol. The third kappa shape index (κ3) is 2.42. The number of amides is 1. The molecule has 1 fully saturated rings. The van der Waals surface area contributed by atoms with Crippen LogP contribution in [0.15, 0.2) is 30.6 Å². The molecule has 1 amide bonds. The second kappa shape index (κ2) is 5.42. The van der Waals surface area contributed by atoms with Crippen molar-refractivity contribution in [2.75, 3.05) is 19.6 Å². The number of rotatable bonds is 2. The highest BCUT2D eigenvalue weighted by Crippen LogP contribution is 2.18. The van der Waals surface area contributed by atoms with Gasteiger partial charge in [-0.3, -0.25) is 9.89 Å². The molecule has 1 aliphatic heterocycles. The number of nitrogens with zero attached hydrogens (tertiary/aromatic N) is 3. The lowest BCUT2D eigenvalue weighted by Gasteiger charge is -2.34.